The topological polar surface area (TPSA) is 68.4 Å². The van der Waals surface area contributed by atoms with Gasteiger partial charge in [0.15, 0.2) is 0 Å². The molecule has 1 aromatic carbocycles. The summed E-state index contributed by atoms with van der Waals surface area (Å²) in [5.41, 5.74) is 1.02. The van der Waals surface area contributed by atoms with Crippen LogP contribution in [0.1, 0.15) is 23.7 Å². The first-order valence-corrected chi connectivity index (χ1v) is 6.04. The van der Waals surface area contributed by atoms with Gasteiger partial charge in [-0.15, -0.1) is 0 Å². The zero-order chi connectivity index (χ0) is 13.8. The number of hydrogen-bond donors (Lipinski definition) is 1. The number of benzene rings is 1. The average molecular weight is 261 g/mol. The second-order valence-electron chi connectivity index (χ2n) is 4.05. The summed E-state index contributed by atoms with van der Waals surface area (Å²) in [5, 5.41) is 0.617. The molecule has 1 N–H and O–H groups in total. The van der Waals surface area contributed by atoms with E-state index in [0.717, 1.165) is 11.9 Å². The molecule has 1 aromatic heterocycles. The lowest BCUT2D eigenvalue weighted by Crippen LogP contribution is -2.15. The fourth-order valence-corrected chi connectivity index (χ4v) is 1.87. The van der Waals surface area contributed by atoms with Gasteiger partial charge in [-0.3, -0.25) is 4.79 Å². The summed E-state index contributed by atoms with van der Waals surface area (Å²) in [6.07, 6.45) is 2.36. The van der Waals surface area contributed by atoms with Crippen molar-refractivity contribution in [2.24, 2.45) is 0 Å². The first kappa shape index (κ1) is 13.1. The van der Waals surface area contributed by atoms with Crippen LogP contribution in [0.4, 0.5) is 0 Å². The summed E-state index contributed by atoms with van der Waals surface area (Å²) in [7, 11) is 1.18. The van der Waals surface area contributed by atoms with E-state index in [-0.39, 0.29) is 5.56 Å². The number of fused-ring (bicyclic) bond motifs is 1. The third-order valence-corrected chi connectivity index (χ3v) is 2.74. The fourth-order valence-electron chi connectivity index (χ4n) is 1.87. The van der Waals surface area contributed by atoms with Crippen LogP contribution in [0.15, 0.2) is 24.4 Å². The molecule has 0 fully saturated rings. The molecule has 5 nitrogen and oxygen atoms in total. The Labute approximate surface area is 110 Å². The summed E-state index contributed by atoms with van der Waals surface area (Å²) in [4.78, 5) is 26.2. The number of hydrogen-bond acceptors (Lipinski definition) is 4. The van der Waals surface area contributed by atoms with E-state index in [9.17, 15) is 9.59 Å². The molecule has 0 spiro atoms. The molecule has 0 atom stereocenters. The largest absolute Gasteiger partial charge is 0.493 e. The van der Waals surface area contributed by atoms with E-state index in [4.69, 9.17) is 4.74 Å². The van der Waals surface area contributed by atoms with Gasteiger partial charge in [-0.05, 0) is 18.6 Å². The minimum absolute atomic E-state index is 0.272. The van der Waals surface area contributed by atoms with Crippen molar-refractivity contribution in [2.45, 2.75) is 13.3 Å². The van der Waals surface area contributed by atoms with Gasteiger partial charge in [0.25, 0.3) is 5.78 Å². The Morgan fingerprint density at radius 2 is 2.11 bits per heavy atom. The molecule has 0 aliphatic rings. The molecule has 5 heteroatoms. The van der Waals surface area contributed by atoms with Crippen LogP contribution >= 0.6 is 0 Å². The molecule has 0 amide bonds. The highest BCUT2D eigenvalue weighted by Crippen LogP contribution is 2.29. The Kier molecular flexibility index (Phi) is 3.85. The van der Waals surface area contributed by atoms with Gasteiger partial charge < -0.3 is 14.5 Å². The molecule has 0 radical (unpaired) electrons. The third kappa shape index (κ3) is 2.45. The molecule has 0 unspecified atom stereocenters. The number of H-pyrrole nitrogens is 1. The summed E-state index contributed by atoms with van der Waals surface area (Å²) < 4.78 is 10.1. The van der Waals surface area contributed by atoms with Gasteiger partial charge in [0.2, 0.25) is 0 Å². The number of rotatable bonds is 5. The van der Waals surface area contributed by atoms with Crippen LogP contribution in [-0.4, -0.2) is 30.5 Å². The van der Waals surface area contributed by atoms with Gasteiger partial charge in [-0.1, -0.05) is 13.0 Å². The van der Waals surface area contributed by atoms with Crippen LogP contribution in [0, 0.1) is 0 Å². The van der Waals surface area contributed by atoms with E-state index in [1.807, 2.05) is 19.1 Å². The molecule has 0 aliphatic heterocycles. The number of aromatic nitrogens is 1. The monoisotopic (exact) mass is 261 g/mol. The summed E-state index contributed by atoms with van der Waals surface area (Å²) in [6.45, 7) is 2.55. The van der Waals surface area contributed by atoms with E-state index in [1.54, 1.807) is 6.07 Å². The maximum Gasteiger partial charge on any atom is 0.379 e. The fraction of sp³-hybridized carbons (Fsp3) is 0.286. The Balaban J connectivity index is 2.50. The quantitative estimate of drug-likeness (QED) is 0.509. The van der Waals surface area contributed by atoms with Gasteiger partial charge in [-0.25, -0.2) is 4.79 Å². The number of nitrogens with one attached hydrogen (secondary N) is 1. The number of carbonyl (C=O) groups is 2. The first-order chi connectivity index (χ1) is 9.19. The van der Waals surface area contributed by atoms with Gasteiger partial charge >= 0.3 is 5.97 Å². The minimum Gasteiger partial charge on any atom is -0.493 e. The standard InChI is InChI=1S/C14H15NO4/c1-3-7-19-11-6-4-5-10-12(11)9(8-15-10)13(16)14(17)18-2/h4-6,8,15H,3,7H2,1-2H3. The van der Waals surface area contributed by atoms with Crippen molar-refractivity contribution >= 4 is 22.7 Å². The van der Waals surface area contributed by atoms with Crippen molar-refractivity contribution < 1.29 is 19.1 Å². The second kappa shape index (κ2) is 5.56. The maximum absolute atomic E-state index is 11.9. The van der Waals surface area contributed by atoms with Crippen LogP contribution in [-0.2, 0) is 9.53 Å². The number of esters is 1. The van der Waals surface area contributed by atoms with E-state index < -0.39 is 11.8 Å². The van der Waals surface area contributed by atoms with E-state index in [0.29, 0.717) is 17.7 Å². The van der Waals surface area contributed by atoms with Crippen molar-refractivity contribution in [1.29, 1.82) is 0 Å². The minimum atomic E-state index is -0.883. The maximum atomic E-state index is 11.9. The van der Waals surface area contributed by atoms with Gasteiger partial charge in [-0.2, -0.15) is 0 Å². The molecular formula is C14H15NO4. The average Bonchev–Trinajstić information content (AvgIpc) is 2.87. The molecule has 0 aliphatic carbocycles. The van der Waals surface area contributed by atoms with Crippen molar-refractivity contribution in [3.8, 4) is 5.75 Å². The zero-order valence-corrected chi connectivity index (χ0v) is 10.9. The Morgan fingerprint density at radius 3 is 2.79 bits per heavy atom. The number of carbonyl (C=O) groups excluding carboxylic acids is 2. The Hall–Kier alpha value is -2.30. The Bertz CT molecular complexity index is 615. The summed E-state index contributed by atoms with van der Waals surface area (Å²) in [6, 6.07) is 5.43. The molecule has 2 aromatic rings. The third-order valence-electron chi connectivity index (χ3n) is 2.74. The SMILES string of the molecule is CCCOc1cccc2[nH]cc(C(=O)C(=O)OC)c12. The predicted molar refractivity (Wildman–Crippen MR) is 70.4 cm³/mol. The smallest absolute Gasteiger partial charge is 0.379 e. The predicted octanol–water partition coefficient (Wildman–Crippen LogP) is 2.31. The van der Waals surface area contributed by atoms with Gasteiger partial charge in [0, 0.05) is 11.7 Å². The van der Waals surface area contributed by atoms with Crippen LogP contribution in [0.25, 0.3) is 10.9 Å². The van der Waals surface area contributed by atoms with Crippen molar-refractivity contribution in [3.05, 3.63) is 30.0 Å². The Morgan fingerprint density at radius 1 is 1.32 bits per heavy atom. The highest BCUT2D eigenvalue weighted by Gasteiger charge is 2.22. The first-order valence-electron chi connectivity index (χ1n) is 6.04. The van der Waals surface area contributed by atoms with E-state index >= 15 is 0 Å². The van der Waals surface area contributed by atoms with Gasteiger partial charge in [0.1, 0.15) is 5.75 Å². The lowest BCUT2D eigenvalue weighted by molar-refractivity contribution is -0.135. The lowest BCUT2D eigenvalue weighted by Gasteiger charge is -2.07. The van der Waals surface area contributed by atoms with Crippen molar-refractivity contribution in [3.63, 3.8) is 0 Å². The molecule has 100 valence electrons. The molecule has 2 rings (SSSR count). The highest BCUT2D eigenvalue weighted by molar-refractivity contribution is 6.43. The zero-order valence-electron chi connectivity index (χ0n) is 10.9. The summed E-state index contributed by atoms with van der Waals surface area (Å²) in [5.74, 6) is -0.972. The van der Waals surface area contributed by atoms with Crippen molar-refractivity contribution in [1.82, 2.24) is 4.98 Å². The summed E-state index contributed by atoms with van der Waals surface area (Å²) >= 11 is 0. The molecule has 1 heterocycles. The normalized spacial score (nSPS) is 10.4. The number of Topliss-reactive ketones (excluding diaryl/α,β-unsaturated/α-hetero) is 1. The van der Waals surface area contributed by atoms with Crippen LogP contribution in [0.5, 0.6) is 5.75 Å². The number of ether oxygens (including phenoxy) is 2. The van der Waals surface area contributed by atoms with Crippen LogP contribution in [0.3, 0.4) is 0 Å². The molecule has 0 saturated heterocycles. The highest BCUT2D eigenvalue weighted by atomic mass is 16.5. The number of ketones is 1. The van der Waals surface area contributed by atoms with E-state index in [2.05, 4.69) is 9.72 Å². The molecule has 0 saturated carbocycles. The molecular weight excluding hydrogens is 246 g/mol. The van der Waals surface area contributed by atoms with E-state index in [1.165, 1.54) is 13.3 Å². The second-order valence-corrected chi connectivity index (χ2v) is 4.05. The lowest BCUT2D eigenvalue weighted by atomic mass is 10.1. The molecule has 0 bridgehead atoms. The van der Waals surface area contributed by atoms with Crippen molar-refractivity contribution in [2.75, 3.05) is 13.7 Å². The molecule has 19 heavy (non-hydrogen) atoms. The van der Waals surface area contributed by atoms with Gasteiger partial charge in [0.05, 0.1) is 24.7 Å². The van der Waals surface area contributed by atoms with Crippen LogP contribution in [0.2, 0.25) is 0 Å². The number of aromatic amines is 1. The number of methoxy groups -OCH3 is 1. The van der Waals surface area contributed by atoms with Crippen LogP contribution < -0.4 is 4.74 Å².